The highest BCUT2D eigenvalue weighted by Gasteiger charge is 2.58. The maximum atomic E-state index is 14.2. The minimum atomic E-state index is -0.708. The van der Waals surface area contributed by atoms with E-state index < -0.39 is 5.54 Å². The fraction of sp³-hybridized carbons (Fsp3) is 0.367. The van der Waals surface area contributed by atoms with Crippen LogP contribution in [0.1, 0.15) is 55.1 Å². The van der Waals surface area contributed by atoms with Crippen LogP contribution in [0.25, 0.3) is 5.57 Å². The second-order valence-electron chi connectivity index (χ2n) is 10.7. The first kappa shape index (κ1) is 28.0. The number of carbonyl (C=O) groups is 1. The van der Waals surface area contributed by atoms with E-state index in [0.29, 0.717) is 57.8 Å². The van der Waals surface area contributed by atoms with E-state index in [2.05, 4.69) is 47.1 Å². The lowest BCUT2D eigenvalue weighted by molar-refractivity contribution is -0.126. The van der Waals surface area contributed by atoms with Gasteiger partial charge in [-0.25, -0.2) is 4.98 Å². The Morgan fingerprint density at radius 3 is 2.51 bits per heavy atom. The molecule has 1 saturated heterocycles. The fourth-order valence-electron chi connectivity index (χ4n) is 5.85. The van der Waals surface area contributed by atoms with Gasteiger partial charge in [0, 0.05) is 29.4 Å². The van der Waals surface area contributed by atoms with Crippen molar-refractivity contribution < 1.29 is 9.53 Å². The van der Waals surface area contributed by atoms with Crippen LogP contribution < -0.4 is 0 Å². The van der Waals surface area contributed by atoms with Gasteiger partial charge in [-0.3, -0.25) is 4.79 Å². The minimum Gasteiger partial charge on any atom is -0.498 e. The Kier molecular flexibility index (Phi) is 8.01. The third kappa shape index (κ3) is 5.19. The average molecular weight is 675 g/mol. The summed E-state index contributed by atoms with van der Waals surface area (Å²) in [5, 5.41) is 10.2. The normalized spacial score (nSPS) is 20.6. The standard InChI is InChI=1S/C30H29Cl2IN4O2/c1-18(2)4-9-25-28(33)36(17-35-25)24-14-30(13-19-5-7-20(15-34)8-6-19)27(39-3)26(29(38)37(30)16-24)21-10-22(31)12-23(32)11-21/h5-8,10-12,17-18,24H,4,9,13-14,16H2,1-3H3/t24-,30?/m0/s1. The molecule has 39 heavy (non-hydrogen) atoms. The van der Waals surface area contributed by atoms with Gasteiger partial charge in [-0.2, -0.15) is 5.26 Å². The Labute approximate surface area is 252 Å². The fourth-order valence-corrected chi connectivity index (χ4v) is 7.31. The molecule has 0 radical (unpaired) electrons. The van der Waals surface area contributed by atoms with Crippen LogP contribution in [0.15, 0.2) is 54.6 Å². The maximum absolute atomic E-state index is 14.2. The van der Waals surface area contributed by atoms with Gasteiger partial charge in [0.15, 0.2) is 0 Å². The van der Waals surface area contributed by atoms with Gasteiger partial charge in [-0.1, -0.05) is 49.2 Å². The largest absolute Gasteiger partial charge is 0.498 e. The monoisotopic (exact) mass is 674 g/mol. The maximum Gasteiger partial charge on any atom is 0.258 e. The lowest BCUT2D eigenvalue weighted by Gasteiger charge is -2.34. The Balaban J connectivity index is 1.59. The van der Waals surface area contributed by atoms with Crippen molar-refractivity contribution in [2.45, 2.75) is 51.1 Å². The molecule has 3 heterocycles. The third-order valence-corrected chi connectivity index (χ3v) is 9.30. The van der Waals surface area contributed by atoms with Gasteiger partial charge in [0.05, 0.1) is 42.4 Å². The summed E-state index contributed by atoms with van der Waals surface area (Å²) in [6, 6.07) is 14.9. The number of rotatable bonds is 8. The summed E-state index contributed by atoms with van der Waals surface area (Å²) < 4.78 is 9.43. The third-order valence-electron chi connectivity index (χ3n) is 7.68. The second kappa shape index (κ2) is 11.1. The van der Waals surface area contributed by atoms with E-state index in [4.69, 9.17) is 32.9 Å². The first-order valence-corrected chi connectivity index (χ1v) is 14.8. The molecule has 1 amide bonds. The summed E-state index contributed by atoms with van der Waals surface area (Å²) >= 11 is 15.1. The zero-order valence-corrected chi connectivity index (χ0v) is 25.7. The number of aryl methyl sites for hydroxylation is 1. The van der Waals surface area contributed by atoms with Crippen LogP contribution in [-0.2, 0) is 22.4 Å². The van der Waals surface area contributed by atoms with E-state index in [1.807, 2.05) is 35.5 Å². The number of imidazole rings is 1. The quantitative estimate of drug-likeness (QED) is 0.240. The average Bonchev–Trinajstić information content (AvgIpc) is 3.51. The first-order valence-electron chi connectivity index (χ1n) is 12.9. The number of hydrogen-bond acceptors (Lipinski definition) is 4. The second-order valence-corrected chi connectivity index (χ2v) is 12.6. The highest BCUT2D eigenvalue weighted by molar-refractivity contribution is 14.1. The predicted octanol–water partition coefficient (Wildman–Crippen LogP) is 7.08. The van der Waals surface area contributed by atoms with Crippen molar-refractivity contribution >= 4 is 57.3 Å². The van der Waals surface area contributed by atoms with Gasteiger partial charge < -0.3 is 14.2 Å². The predicted molar refractivity (Wildman–Crippen MR) is 161 cm³/mol. The van der Waals surface area contributed by atoms with Crippen LogP contribution in [-0.4, -0.2) is 39.6 Å². The zero-order chi connectivity index (χ0) is 27.9. The molecule has 202 valence electrons. The van der Waals surface area contributed by atoms with Crippen molar-refractivity contribution in [1.82, 2.24) is 14.5 Å². The van der Waals surface area contributed by atoms with Gasteiger partial charge in [-0.05, 0) is 82.8 Å². The number of nitriles is 1. The number of aromatic nitrogens is 2. The summed E-state index contributed by atoms with van der Waals surface area (Å²) in [7, 11) is 1.62. The number of carbonyl (C=O) groups excluding carboxylic acids is 1. The molecule has 0 aliphatic carbocycles. The first-order chi connectivity index (χ1) is 18.7. The van der Waals surface area contributed by atoms with Crippen molar-refractivity contribution in [2.75, 3.05) is 13.7 Å². The lowest BCUT2D eigenvalue weighted by atomic mass is 9.85. The molecule has 0 spiro atoms. The van der Waals surface area contributed by atoms with Crippen molar-refractivity contribution in [3.63, 3.8) is 0 Å². The summed E-state index contributed by atoms with van der Waals surface area (Å²) in [6.07, 6.45) is 5.13. The summed E-state index contributed by atoms with van der Waals surface area (Å²) in [6.45, 7) is 4.96. The van der Waals surface area contributed by atoms with Crippen molar-refractivity contribution in [3.8, 4) is 6.07 Å². The zero-order valence-electron chi connectivity index (χ0n) is 22.0. The van der Waals surface area contributed by atoms with Crippen LogP contribution in [0.5, 0.6) is 0 Å². The topological polar surface area (TPSA) is 71.2 Å². The minimum absolute atomic E-state index is 0.0363. The Hall–Kier alpha value is -2.54. The molecule has 1 aromatic heterocycles. The Morgan fingerprint density at radius 2 is 1.90 bits per heavy atom. The number of benzene rings is 2. The Bertz CT molecular complexity index is 1470. The molecule has 2 aliphatic heterocycles. The molecule has 2 aliphatic rings. The van der Waals surface area contributed by atoms with E-state index >= 15 is 0 Å². The number of halogens is 3. The van der Waals surface area contributed by atoms with Gasteiger partial charge in [0.2, 0.25) is 0 Å². The molecule has 2 atom stereocenters. The number of methoxy groups -OCH3 is 1. The van der Waals surface area contributed by atoms with Crippen LogP contribution in [0.4, 0.5) is 0 Å². The van der Waals surface area contributed by atoms with Crippen molar-refractivity contribution in [2.24, 2.45) is 5.92 Å². The van der Waals surface area contributed by atoms with Crippen molar-refractivity contribution in [3.05, 3.63) is 90.7 Å². The van der Waals surface area contributed by atoms with Crippen LogP contribution >= 0.6 is 45.8 Å². The summed E-state index contributed by atoms with van der Waals surface area (Å²) in [5.74, 6) is 1.12. The van der Waals surface area contributed by atoms with E-state index in [9.17, 15) is 10.1 Å². The highest BCUT2D eigenvalue weighted by atomic mass is 127. The smallest absolute Gasteiger partial charge is 0.258 e. The molecule has 1 unspecified atom stereocenters. The van der Waals surface area contributed by atoms with Crippen LogP contribution in [0, 0.1) is 20.9 Å². The number of hydrogen-bond donors (Lipinski definition) is 0. The molecule has 3 aromatic rings. The highest BCUT2D eigenvalue weighted by Crippen LogP contribution is 2.52. The summed E-state index contributed by atoms with van der Waals surface area (Å²) in [5.41, 5.74) is 3.14. The van der Waals surface area contributed by atoms with Crippen molar-refractivity contribution in [1.29, 1.82) is 5.26 Å². The van der Waals surface area contributed by atoms with Gasteiger partial charge in [0.1, 0.15) is 15.0 Å². The Morgan fingerprint density at radius 1 is 1.21 bits per heavy atom. The molecule has 2 aromatic carbocycles. The summed E-state index contributed by atoms with van der Waals surface area (Å²) in [4.78, 5) is 20.8. The van der Waals surface area contributed by atoms with E-state index in [0.717, 1.165) is 27.8 Å². The molecular formula is C30H29Cl2IN4O2. The number of amides is 1. The molecule has 6 nitrogen and oxygen atoms in total. The van der Waals surface area contributed by atoms with E-state index in [-0.39, 0.29) is 11.9 Å². The molecule has 0 N–H and O–H groups in total. The molecule has 5 rings (SSSR count). The number of ether oxygens (including phenoxy) is 1. The number of nitrogens with zero attached hydrogens (tertiary/aromatic N) is 4. The van der Waals surface area contributed by atoms with Gasteiger partial charge in [0.25, 0.3) is 5.91 Å². The van der Waals surface area contributed by atoms with Gasteiger partial charge >= 0.3 is 0 Å². The number of fused-ring (bicyclic) bond motifs is 1. The molecule has 0 saturated carbocycles. The lowest BCUT2D eigenvalue weighted by Crippen LogP contribution is -2.45. The molecule has 9 heteroatoms. The molecular weight excluding hydrogens is 646 g/mol. The van der Waals surface area contributed by atoms with Gasteiger partial charge in [-0.15, -0.1) is 0 Å². The molecule has 0 bridgehead atoms. The van der Waals surface area contributed by atoms with Crippen LogP contribution in [0.3, 0.4) is 0 Å². The van der Waals surface area contributed by atoms with E-state index in [1.54, 1.807) is 25.3 Å². The van der Waals surface area contributed by atoms with Crippen LogP contribution in [0.2, 0.25) is 10.0 Å². The molecule has 1 fully saturated rings. The van der Waals surface area contributed by atoms with E-state index in [1.165, 1.54) is 0 Å². The SMILES string of the molecule is COC1=C(c2cc(Cl)cc(Cl)c2)C(=O)N2C[C@@H](n3cnc(CCC(C)C)c3I)CC12Cc1ccc(C#N)cc1.